The van der Waals surface area contributed by atoms with E-state index in [0.29, 0.717) is 30.5 Å². The van der Waals surface area contributed by atoms with Gasteiger partial charge in [0.1, 0.15) is 17.3 Å². The van der Waals surface area contributed by atoms with Gasteiger partial charge in [-0.2, -0.15) is 0 Å². The molecule has 0 bridgehead atoms. The summed E-state index contributed by atoms with van der Waals surface area (Å²) in [5.74, 6) is 1.76. The summed E-state index contributed by atoms with van der Waals surface area (Å²) < 4.78 is 11.8. The molecule has 184 valence electrons. The molecule has 1 unspecified atom stereocenters. The molecule has 0 radical (unpaired) electrons. The van der Waals surface area contributed by atoms with Crippen LogP contribution in [0.15, 0.2) is 72.1 Å². The Kier molecular flexibility index (Phi) is 6.57. The minimum absolute atomic E-state index is 0.124. The number of thiazole rings is 1. The van der Waals surface area contributed by atoms with E-state index in [2.05, 4.69) is 57.7 Å². The third-order valence-electron chi connectivity index (χ3n) is 6.97. The van der Waals surface area contributed by atoms with Crippen LogP contribution in [0, 0.1) is 5.92 Å². The molecule has 6 nitrogen and oxygen atoms in total. The van der Waals surface area contributed by atoms with E-state index in [1.54, 1.807) is 0 Å². The first kappa shape index (κ1) is 23.0. The zero-order chi connectivity index (χ0) is 24.3. The number of hydrogen-bond donors (Lipinski definition) is 1. The highest BCUT2D eigenvalue weighted by atomic mass is 32.1. The number of aromatic nitrogens is 1. The minimum atomic E-state index is -0.299. The first-order chi connectivity index (χ1) is 17.7. The molecule has 7 heteroatoms. The Labute approximate surface area is 214 Å². The zero-order valence-electron chi connectivity index (χ0n) is 20.1. The molecule has 36 heavy (non-hydrogen) atoms. The number of para-hydroxylation sites is 2. The molecule has 3 aromatic carbocycles. The Morgan fingerprint density at radius 1 is 1.06 bits per heavy atom. The highest BCUT2D eigenvalue weighted by Gasteiger charge is 2.26. The van der Waals surface area contributed by atoms with Crippen LogP contribution in [0.1, 0.15) is 40.0 Å². The van der Waals surface area contributed by atoms with Gasteiger partial charge in [0, 0.05) is 25.0 Å². The Morgan fingerprint density at radius 2 is 1.89 bits per heavy atom. The van der Waals surface area contributed by atoms with Crippen LogP contribution < -0.4 is 14.8 Å². The molecular formula is C29H29N3O3S. The maximum Gasteiger partial charge on any atom is 0.270 e. The Hall–Kier alpha value is -3.42. The maximum absolute atomic E-state index is 12.8. The third kappa shape index (κ3) is 4.94. The van der Waals surface area contributed by atoms with Crippen LogP contribution in [-0.4, -0.2) is 42.0 Å². The van der Waals surface area contributed by atoms with Crippen LogP contribution in [-0.2, 0) is 6.54 Å². The van der Waals surface area contributed by atoms with Crippen molar-refractivity contribution in [3.8, 4) is 11.5 Å². The number of ether oxygens (including phenoxy) is 2. The molecule has 6 rings (SSSR count). The average molecular weight is 500 g/mol. The molecule has 1 saturated heterocycles. The fourth-order valence-electron chi connectivity index (χ4n) is 5.14. The number of nitrogens with zero attached hydrogens (tertiary/aromatic N) is 2. The van der Waals surface area contributed by atoms with Gasteiger partial charge in [0.05, 0.1) is 0 Å². The molecule has 0 spiro atoms. The summed E-state index contributed by atoms with van der Waals surface area (Å²) in [6, 6.07) is 22.7. The van der Waals surface area contributed by atoms with Crippen molar-refractivity contribution in [3.63, 3.8) is 0 Å². The molecule has 1 N–H and O–H groups in total. The Balaban J connectivity index is 1.03. The number of rotatable bonds is 6. The van der Waals surface area contributed by atoms with Crippen LogP contribution in [0.2, 0.25) is 0 Å². The van der Waals surface area contributed by atoms with Gasteiger partial charge in [0.25, 0.3) is 5.91 Å². The van der Waals surface area contributed by atoms with Gasteiger partial charge < -0.3 is 14.8 Å². The predicted octanol–water partition coefficient (Wildman–Crippen LogP) is 5.45. The van der Waals surface area contributed by atoms with E-state index >= 15 is 0 Å². The second-order valence-electron chi connectivity index (χ2n) is 9.53. The summed E-state index contributed by atoms with van der Waals surface area (Å²) in [7, 11) is 0. The maximum atomic E-state index is 12.8. The summed E-state index contributed by atoms with van der Waals surface area (Å²) in [6.07, 6.45) is 1.97. The number of carbonyl (C=O) groups excluding carboxylic acids is 1. The van der Waals surface area contributed by atoms with Crippen molar-refractivity contribution in [1.29, 1.82) is 0 Å². The van der Waals surface area contributed by atoms with Crippen LogP contribution in [0.5, 0.6) is 11.5 Å². The quantitative estimate of drug-likeness (QED) is 0.382. The minimum Gasteiger partial charge on any atom is -0.485 e. The SMILES string of the molecule is O=C(NC[C@@H]1CCCN(Cc2cccc3ccccc23)C1)c1csc(C2COc3ccccc3O2)n1. The topological polar surface area (TPSA) is 63.7 Å². The van der Waals surface area contributed by atoms with Crippen molar-refractivity contribution < 1.29 is 14.3 Å². The van der Waals surface area contributed by atoms with E-state index in [1.807, 2.05) is 29.6 Å². The van der Waals surface area contributed by atoms with Crippen molar-refractivity contribution in [3.05, 3.63) is 88.4 Å². The lowest BCUT2D eigenvalue weighted by molar-refractivity contribution is 0.0892. The number of benzene rings is 3. The number of likely N-dealkylation sites (tertiary alicyclic amines) is 1. The first-order valence-electron chi connectivity index (χ1n) is 12.5. The lowest BCUT2D eigenvalue weighted by Crippen LogP contribution is -2.40. The molecule has 4 aromatic rings. The van der Waals surface area contributed by atoms with Crippen molar-refractivity contribution in [2.45, 2.75) is 25.5 Å². The standard InChI is InChI=1S/C29H29N3O3S/c33-28(24-19-36-29(31-24)27-18-34-25-12-3-4-13-26(25)35-27)30-15-20-7-6-14-32(16-20)17-22-10-5-9-21-8-1-2-11-23(21)22/h1-5,8-13,19-20,27H,6-7,14-18H2,(H,30,33)/t20-,27?/m0/s1. The van der Waals surface area contributed by atoms with Crippen LogP contribution in [0.3, 0.4) is 0 Å². The van der Waals surface area contributed by atoms with E-state index in [0.717, 1.165) is 43.2 Å². The van der Waals surface area contributed by atoms with Gasteiger partial charge in [-0.15, -0.1) is 11.3 Å². The van der Waals surface area contributed by atoms with Gasteiger partial charge in [-0.1, -0.05) is 54.6 Å². The molecule has 2 aliphatic rings. The Morgan fingerprint density at radius 3 is 2.83 bits per heavy atom. The van der Waals surface area contributed by atoms with Crippen LogP contribution in [0.25, 0.3) is 10.8 Å². The number of nitrogens with one attached hydrogen (secondary N) is 1. The van der Waals surface area contributed by atoms with Gasteiger partial charge in [0.15, 0.2) is 17.6 Å². The lowest BCUT2D eigenvalue weighted by Gasteiger charge is -2.33. The van der Waals surface area contributed by atoms with Crippen molar-refractivity contribution in [2.75, 3.05) is 26.2 Å². The molecule has 2 aliphatic heterocycles. The average Bonchev–Trinajstić information content (AvgIpc) is 3.43. The summed E-state index contributed by atoms with van der Waals surface area (Å²) in [6.45, 7) is 4.07. The predicted molar refractivity (Wildman–Crippen MR) is 142 cm³/mol. The highest BCUT2D eigenvalue weighted by Crippen LogP contribution is 2.36. The van der Waals surface area contributed by atoms with E-state index in [9.17, 15) is 4.79 Å². The van der Waals surface area contributed by atoms with Gasteiger partial charge in [-0.25, -0.2) is 4.98 Å². The van der Waals surface area contributed by atoms with Gasteiger partial charge in [0.2, 0.25) is 0 Å². The number of fused-ring (bicyclic) bond motifs is 2. The van der Waals surface area contributed by atoms with Gasteiger partial charge >= 0.3 is 0 Å². The van der Waals surface area contributed by atoms with Crippen LogP contribution in [0.4, 0.5) is 0 Å². The monoisotopic (exact) mass is 499 g/mol. The summed E-state index contributed by atoms with van der Waals surface area (Å²) >= 11 is 1.44. The van der Waals surface area contributed by atoms with E-state index < -0.39 is 0 Å². The second kappa shape index (κ2) is 10.3. The van der Waals surface area contributed by atoms with Crippen molar-refractivity contribution >= 4 is 28.0 Å². The van der Waals surface area contributed by atoms with Crippen LogP contribution >= 0.6 is 11.3 Å². The van der Waals surface area contributed by atoms with Crippen molar-refractivity contribution in [2.24, 2.45) is 5.92 Å². The van der Waals surface area contributed by atoms with E-state index in [-0.39, 0.29) is 12.0 Å². The fraction of sp³-hybridized carbons (Fsp3) is 0.310. The number of hydrogen-bond acceptors (Lipinski definition) is 6. The highest BCUT2D eigenvalue weighted by molar-refractivity contribution is 7.09. The smallest absolute Gasteiger partial charge is 0.270 e. The molecule has 2 atom stereocenters. The lowest BCUT2D eigenvalue weighted by atomic mass is 9.96. The largest absolute Gasteiger partial charge is 0.485 e. The van der Waals surface area contributed by atoms with Gasteiger partial charge in [-0.3, -0.25) is 9.69 Å². The summed E-state index contributed by atoms with van der Waals surface area (Å²) in [5, 5.41) is 8.30. The molecular weight excluding hydrogens is 470 g/mol. The third-order valence-corrected chi connectivity index (χ3v) is 7.90. The van der Waals surface area contributed by atoms with Crippen molar-refractivity contribution in [1.82, 2.24) is 15.2 Å². The molecule has 1 amide bonds. The second-order valence-corrected chi connectivity index (χ2v) is 10.4. The van der Waals surface area contributed by atoms with E-state index in [1.165, 1.54) is 27.7 Å². The zero-order valence-corrected chi connectivity index (χ0v) is 20.9. The number of carbonyl (C=O) groups is 1. The molecule has 3 heterocycles. The molecule has 0 saturated carbocycles. The Bertz CT molecular complexity index is 1370. The number of amides is 1. The first-order valence-corrected chi connectivity index (χ1v) is 13.4. The van der Waals surface area contributed by atoms with E-state index in [4.69, 9.17) is 9.47 Å². The summed E-state index contributed by atoms with van der Waals surface area (Å²) in [5.41, 5.74) is 1.81. The molecule has 1 aromatic heterocycles. The summed E-state index contributed by atoms with van der Waals surface area (Å²) in [4.78, 5) is 19.9. The molecule has 0 aliphatic carbocycles. The number of piperidine rings is 1. The normalized spacial score (nSPS) is 19.8. The molecule has 1 fully saturated rings. The fourth-order valence-corrected chi connectivity index (χ4v) is 5.95. The van der Waals surface area contributed by atoms with Gasteiger partial charge in [-0.05, 0) is 53.8 Å².